The molecule has 2 heteroatoms. The molecule has 0 aromatic heterocycles. The van der Waals surface area contributed by atoms with Gasteiger partial charge in [0.15, 0.2) is 0 Å². The monoisotopic (exact) mass is 242 g/mol. The first-order chi connectivity index (χ1) is 7.75. The van der Waals surface area contributed by atoms with Gasteiger partial charge in [-0.3, -0.25) is 0 Å². The predicted octanol–water partition coefficient (Wildman–Crippen LogP) is 4.57. The molecule has 0 radical (unpaired) electrons. The van der Waals surface area contributed by atoms with Gasteiger partial charge < -0.3 is 0 Å². The Bertz CT molecular complexity index is 625. The zero-order valence-corrected chi connectivity index (χ0v) is 10.3. The van der Waals surface area contributed by atoms with Crippen molar-refractivity contribution in [2.24, 2.45) is 0 Å². The minimum absolute atomic E-state index is 1.02. The van der Waals surface area contributed by atoms with Crippen molar-refractivity contribution in [1.82, 2.24) is 0 Å². The van der Waals surface area contributed by atoms with E-state index in [1.54, 1.807) is 0 Å². The van der Waals surface area contributed by atoms with E-state index in [1.165, 1.54) is 21.5 Å². The highest BCUT2D eigenvalue weighted by molar-refractivity contribution is 7.80. The van der Waals surface area contributed by atoms with E-state index in [-0.39, 0.29) is 0 Å². The Balaban J connectivity index is 2.54. The number of hydrogen-bond donors (Lipinski definition) is 2. The first kappa shape index (κ1) is 10.1. The molecule has 0 amide bonds. The van der Waals surface area contributed by atoms with E-state index < -0.39 is 0 Å². The molecule has 3 aromatic rings. The fraction of sp³-hybridized carbons (Fsp3) is 0. The smallest absolute Gasteiger partial charge is 0.0119 e. The summed E-state index contributed by atoms with van der Waals surface area (Å²) in [4.78, 5) is 2.04. The van der Waals surface area contributed by atoms with Gasteiger partial charge in [-0.15, -0.1) is 25.3 Å². The summed E-state index contributed by atoms with van der Waals surface area (Å²) in [6.07, 6.45) is 0. The normalized spacial score (nSPS) is 11.1. The average Bonchev–Trinajstić information content (AvgIpc) is 2.29. The van der Waals surface area contributed by atoms with Gasteiger partial charge in [-0.2, -0.15) is 0 Å². The maximum atomic E-state index is 4.48. The molecule has 0 fully saturated rings. The van der Waals surface area contributed by atoms with Crippen LogP contribution in [0, 0.1) is 0 Å². The van der Waals surface area contributed by atoms with Crippen molar-refractivity contribution in [2.75, 3.05) is 0 Å². The van der Waals surface area contributed by atoms with Gasteiger partial charge in [0.1, 0.15) is 0 Å². The molecule has 3 aromatic carbocycles. The lowest BCUT2D eigenvalue weighted by molar-refractivity contribution is 1.54. The number of fused-ring (bicyclic) bond motifs is 2. The van der Waals surface area contributed by atoms with Gasteiger partial charge in [0.25, 0.3) is 0 Å². The molecule has 0 atom stereocenters. The third kappa shape index (κ3) is 1.49. The van der Waals surface area contributed by atoms with Crippen molar-refractivity contribution in [1.29, 1.82) is 0 Å². The van der Waals surface area contributed by atoms with E-state index in [9.17, 15) is 0 Å². The third-order valence-corrected chi connectivity index (χ3v) is 3.61. The number of thiol groups is 2. The Hall–Kier alpha value is -1.12. The maximum Gasteiger partial charge on any atom is 0.0119 e. The predicted molar refractivity (Wildman–Crippen MR) is 76.0 cm³/mol. The van der Waals surface area contributed by atoms with Gasteiger partial charge in [-0.1, -0.05) is 24.3 Å². The first-order valence-electron chi connectivity index (χ1n) is 5.09. The van der Waals surface area contributed by atoms with Crippen molar-refractivity contribution >= 4 is 46.8 Å². The van der Waals surface area contributed by atoms with Gasteiger partial charge in [-0.05, 0) is 45.8 Å². The lowest BCUT2D eigenvalue weighted by Crippen LogP contribution is -1.79. The van der Waals surface area contributed by atoms with Crippen LogP contribution in [0.1, 0.15) is 0 Å². The lowest BCUT2D eigenvalue weighted by atomic mass is 10.0. The van der Waals surface area contributed by atoms with Gasteiger partial charge in [-0.25, -0.2) is 0 Å². The van der Waals surface area contributed by atoms with Crippen LogP contribution < -0.4 is 0 Å². The number of rotatable bonds is 0. The molecule has 0 aliphatic heterocycles. The van der Waals surface area contributed by atoms with E-state index in [0.29, 0.717) is 0 Å². The molecule has 3 rings (SSSR count). The van der Waals surface area contributed by atoms with Crippen LogP contribution >= 0.6 is 25.3 Å². The van der Waals surface area contributed by atoms with Gasteiger partial charge in [0, 0.05) is 9.79 Å². The summed E-state index contributed by atoms with van der Waals surface area (Å²) >= 11 is 8.97. The molecule has 0 saturated carbocycles. The van der Waals surface area contributed by atoms with Crippen LogP contribution in [0.15, 0.2) is 58.3 Å². The van der Waals surface area contributed by atoms with Crippen molar-refractivity contribution in [3.8, 4) is 0 Å². The third-order valence-electron chi connectivity index (χ3n) is 2.83. The molecule has 0 N–H and O–H groups in total. The van der Waals surface area contributed by atoms with Crippen molar-refractivity contribution in [2.45, 2.75) is 9.79 Å². The molecule has 0 saturated heterocycles. The van der Waals surface area contributed by atoms with Gasteiger partial charge in [0.2, 0.25) is 0 Å². The van der Waals surface area contributed by atoms with E-state index in [2.05, 4.69) is 49.5 Å². The Labute approximate surface area is 105 Å². The Morgan fingerprint density at radius 3 is 1.50 bits per heavy atom. The Morgan fingerprint density at radius 1 is 0.625 bits per heavy atom. The Kier molecular flexibility index (Phi) is 2.34. The van der Waals surface area contributed by atoms with Crippen LogP contribution in [-0.4, -0.2) is 0 Å². The summed E-state index contributed by atoms with van der Waals surface area (Å²) < 4.78 is 0. The topological polar surface area (TPSA) is 0 Å². The fourth-order valence-electron chi connectivity index (χ4n) is 2.02. The number of hydrogen-bond acceptors (Lipinski definition) is 2. The minimum Gasteiger partial charge on any atom is -0.143 e. The lowest BCUT2D eigenvalue weighted by Gasteiger charge is -2.06. The summed E-state index contributed by atoms with van der Waals surface area (Å²) in [5.41, 5.74) is 0. The van der Waals surface area contributed by atoms with Crippen LogP contribution in [-0.2, 0) is 0 Å². The number of benzene rings is 3. The van der Waals surface area contributed by atoms with E-state index >= 15 is 0 Å². The summed E-state index contributed by atoms with van der Waals surface area (Å²) in [7, 11) is 0. The van der Waals surface area contributed by atoms with E-state index in [1.807, 2.05) is 24.3 Å². The van der Waals surface area contributed by atoms with Crippen LogP contribution in [0.4, 0.5) is 0 Å². The molecular weight excluding hydrogens is 232 g/mol. The van der Waals surface area contributed by atoms with Crippen molar-refractivity contribution in [3.63, 3.8) is 0 Å². The van der Waals surface area contributed by atoms with Crippen LogP contribution in [0.3, 0.4) is 0 Å². The second-order valence-corrected chi connectivity index (χ2v) is 4.81. The minimum atomic E-state index is 1.02. The van der Waals surface area contributed by atoms with Gasteiger partial charge in [0.05, 0.1) is 0 Å². The highest BCUT2D eigenvalue weighted by Gasteiger charge is 2.02. The van der Waals surface area contributed by atoms with Crippen molar-refractivity contribution < 1.29 is 0 Å². The van der Waals surface area contributed by atoms with Crippen LogP contribution in [0.5, 0.6) is 0 Å². The molecule has 0 unspecified atom stereocenters. The molecule has 78 valence electrons. The fourth-order valence-corrected chi connectivity index (χ4v) is 2.58. The first-order valence-corrected chi connectivity index (χ1v) is 5.98. The average molecular weight is 242 g/mol. The summed E-state index contributed by atoms with van der Waals surface area (Å²) in [6.45, 7) is 0. The molecule has 0 spiro atoms. The Morgan fingerprint density at radius 2 is 1.06 bits per heavy atom. The standard InChI is InChI=1S/C14H10S2/c15-13-5-1-3-9-7-12-10(8-11(9)13)4-2-6-14(12)16/h1-8,15-16H. The van der Waals surface area contributed by atoms with E-state index in [4.69, 9.17) is 0 Å². The summed E-state index contributed by atoms with van der Waals surface area (Å²) in [5.74, 6) is 0. The van der Waals surface area contributed by atoms with Gasteiger partial charge >= 0.3 is 0 Å². The molecule has 0 aliphatic carbocycles. The molecule has 0 nitrogen and oxygen atoms in total. The maximum absolute atomic E-state index is 4.48. The SMILES string of the molecule is Sc1cccc2cc3c(S)cccc3cc12. The molecule has 16 heavy (non-hydrogen) atoms. The summed E-state index contributed by atoms with van der Waals surface area (Å²) in [6, 6.07) is 16.6. The highest BCUT2D eigenvalue weighted by atomic mass is 32.1. The molecular formula is C14H10S2. The zero-order chi connectivity index (χ0) is 11.1. The second kappa shape index (κ2) is 3.72. The zero-order valence-electron chi connectivity index (χ0n) is 8.51. The highest BCUT2D eigenvalue weighted by Crippen LogP contribution is 2.30. The molecule has 0 aliphatic rings. The van der Waals surface area contributed by atoms with Crippen LogP contribution in [0.25, 0.3) is 21.5 Å². The molecule has 0 heterocycles. The summed E-state index contributed by atoms with van der Waals surface area (Å²) in [5, 5.41) is 4.80. The quantitative estimate of drug-likeness (QED) is 0.419. The van der Waals surface area contributed by atoms with Crippen LogP contribution in [0.2, 0.25) is 0 Å². The second-order valence-electron chi connectivity index (χ2n) is 3.85. The van der Waals surface area contributed by atoms with Crippen molar-refractivity contribution in [3.05, 3.63) is 48.5 Å². The molecule has 0 bridgehead atoms. The van der Waals surface area contributed by atoms with E-state index in [0.717, 1.165) is 9.79 Å². The largest absolute Gasteiger partial charge is 0.143 e.